The highest BCUT2D eigenvalue weighted by Gasteiger charge is 2.34. The number of methoxy groups -OCH3 is 1. The summed E-state index contributed by atoms with van der Waals surface area (Å²) in [6.45, 7) is 5.53. The molecule has 0 saturated heterocycles. The van der Waals surface area contributed by atoms with Gasteiger partial charge in [0, 0.05) is 16.7 Å². The van der Waals surface area contributed by atoms with Gasteiger partial charge in [0.1, 0.15) is 17.6 Å². The SMILES string of the molecule is CCOC(=O)C1=C(C)N=c2s/c(=C/c3ccc(-c4cc(C(=O)OC)ccc4C)o3)c(=O)n2[C@@H]1c1ccccc1Cl. The fourth-order valence-corrected chi connectivity index (χ4v) is 5.89. The molecule has 2 aromatic carbocycles. The molecule has 0 fully saturated rings. The van der Waals surface area contributed by atoms with Crippen LogP contribution in [0.5, 0.6) is 0 Å². The predicted molar refractivity (Wildman–Crippen MR) is 152 cm³/mol. The zero-order chi connectivity index (χ0) is 28.6. The molecule has 0 N–H and O–H groups in total. The van der Waals surface area contributed by atoms with Crippen LogP contribution in [0.2, 0.25) is 5.02 Å². The van der Waals surface area contributed by atoms with Gasteiger partial charge >= 0.3 is 11.9 Å². The fourth-order valence-electron chi connectivity index (χ4n) is 4.62. The van der Waals surface area contributed by atoms with Gasteiger partial charge in [0.25, 0.3) is 5.56 Å². The third kappa shape index (κ3) is 4.94. The molecule has 0 radical (unpaired) electrons. The molecule has 3 heterocycles. The van der Waals surface area contributed by atoms with Crippen LogP contribution in [0.3, 0.4) is 0 Å². The molecule has 204 valence electrons. The minimum absolute atomic E-state index is 0.179. The molecule has 1 aliphatic rings. The number of benzene rings is 2. The Kier molecular flexibility index (Phi) is 7.60. The number of fused-ring (bicyclic) bond motifs is 1. The van der Waals surface area contributed by atoms with Gasteiger partial charge in [-0.1, -0.05) is 47.2 Å². The largest absolute Gasteiger partial charge is 0.465 e. The van der Waals surface area contributed by atoms with E-state index >= 15 is 0 Å². The van der Waals surface area contributed by atoms with Crippen molar-refractivity contribution in [3.63, 3.8) is 0 Å². The summed E-state index contributed by atoms with van der Waals surface area (Å²) in [5, 5.41) is 0.416. The summed E-state index contributed by atoms with van der Waals surface area (Å²) in [6.07, 6.45) is 1.64. The normalized spacial score (nSPS) is 15.0. The number of furan rings is 1. The number of hydrogen-bond acceptors (Lipinski definition) is 8. The molecule has 0 bridgehead atoms. The van der Waals surface area contributed by atoms with Crippen molar-refractivity contribution < 1.29 is 23.5 Å². The number of thiazole rings is 1. The lowest BCUT2D eigenvalue weighted by Crippen LogP contribution is -2.40. The van der Waals surface area contributed by atoms with E-state index in [4.69, 9.17) is 25.5 Å². The predicted octanol–water partition coefficient (Wildman–Crippen LogP) is 4.81. The van der Waals surface area contributed by atoms with Crippen molar-refractivity contribution in [3.8, 4) is 11.3 Å². The Labute approximate surface area is 238 Å². The number of aryl methyl sites for hydroxylation is 1. The van der Waals surface area contributed by atoms with Crippen LogP contribution in [0.25, 0.3) is 17.4 Å². The van der Waals surface area contributed by atoms with Crippen LogP contribution in [-0.2, 0) is 14.3 Å². The van der Waals surface area contributed by atoms with Crippen molar-refractivity contribution in [2.75, 3.05) is 13.7 Å². The van der Waals surface area contributed by atoms with Crippen molar-refractivity contribution in [1.29, 1.82) is 0 Å². The van der Waals surface area contributed by atoms with E-state index in [1.165, 1.54) is 23.0 Å². The summed E-state index contributed by atoms with van der Waals surface area (Å²) in [6, 6.07) is 15.0. The number of carbonyl (C=O) groups excluding carboxylic acids is 2. The van der Waals surface area contributed by atoms with E-state index in [9.17, 15) is 14.4 Å². The molecule has 4 aromatic rings. The molecule has 8 nitrogen and oxygen atoms in total. The van der Waals surface area contributed by atoms with Crippen LogP contribution in [-0.4, -0.2) is 30.2 Å². The highest BCUT2D eigenvalue weighted by Crippen LogP contribution is 2.34. The Morgan fingerprint density at radius 1 is 1.12 bits per heavy atom. The van der Waals surface area contributed by atoms with Crippen molar-refractivity contribution in [2.45, 2.75) is 26.8 Å². The molecule has 10 heteroatoms. The minimum Gasteiger partial charge on any atom is -0.465 e. The Morgan fingerprint density at radius 3 is 2.62 bits per heavy atom. The molecule has 1 aliphatic heterocycles. The van der Waals surface area contributed by atoms with Gasteiger partial charge in [-0.3, -0.25) is 9.36 Å². The number of carbonyl (C=O) groups is 2. The van der Waals surface area contributed by atoms with Gasteiger partial charge in [-0.05, 0) is 62.2 Å². The third-order valence-electron chi connectivity index (χ3n) is 6.54. The monoisotopic (exact) mass is 576 g/mol. The molecule has 2 aromatic heterocycles. The Bertz CT molecular complexity index is 1860. The van der Waals surface area contributed by atoms with Crippen LogP contribution < -0.4 is 14.9 Å². The maximum atomic E-state index is 13.8. The summed E-state index contributed by atoms with van der Waals surface area (Å²) < 4.78 is 18.1. The number of allylic oxidation sites excluding steroid dienone is 1. The number of ether oxygens (including phenoxy) is 2. The van der Waals surface area contributed by atoms with Gasteiger partial charge in [-0.2, -0.15) is 0 Å². The lowest BCUT2D eigenvalue weighted by atomic mass is 9.96. The molecule has 5 rings (SSSR count). The lowest BCUT2D eigenvalue weighted by molar-refractivity contribution is -0.139. The highest BCUT2D eigenvalue weighted by molar-refractivity contribution is 7.07. The van der Waals surface area contributed by atoms with E-state index in [1.54, 1.807) is 68.5 Å². The van der Waals surface area contributed by atoms with Crippen LogP contribution in [0.1, 0.15) is 47.1 Å². The molecule has 40 heavy (non-hydrogen) atoms. The van der Waals surface area contributed by atoms with Gasteiger partial charge in [-0.25, -0.2) is 14.6 Å². The first-order valence-corrected chi connectivity index (χ1v) is 13.7. The second-order valence-electron chi connectivity index (χ2n) is 9.05. The first kappa shape index (κ1) is 27.4. The van der Waals surface area contributed by atoms with Crippen LogP contribution in [0.4, 0.5) is 0 Å². The summed E-state index contributed by atoms with van der Waals surface area (Å²) in [5.74, 6) is -0.0155. The number of halogens is 1. The first-order valence-electron chi connectivity index (χ1n) is 12.5. The molecular formula is C30H25ClN2O6S. The number of nitrogens with zero attached hydrogens (tertiary/aromatic N) is 2. The van der Waals surface area contributed by atoms with Gasteiger partial charge in [0.2, 0.25) is 0 Å². The average molecular weight is 577 g/mol. The maximum Gasteiger partial charge on any atom is 0.338 e. The van der Waals surface area contributed by atoms with Gasteiger partial charge < -0.3 is 13.9 Å². The zero-order valence-electron chi connectivity index (χ0n) is 22.2. The summed E-state index contributed by atoms with van der Waals surface area (Å²) in [5.41, 5.74) is 3.02. The van der Waals surface area contributed by atoms with E-state index in [0.717, 1.165) is 11.1 Å². The van der Waals surface area contributed by atoms with Crippen LogP contribution >= 0.6 is 22.9 Å². The molecular weight excluding hydrogens is 552 g/mol. The smallest absolute Gasteiger partial charge is 0.338 e. The van der Waals surface area contributed by atoms with Gasteiger partial charge in [0.15, 0.2) is 4.80 Å². The van der Waals surface area contributed by atoms with E-state index < -0.39 is 18.0 Å². The fraction of sp³-hybridized carbons (Fsp3) is 0.200. The molecule has 1 atom stereocenters. The van der Waals surface area contributed by atoms with Crippen LogP contribution in [0.15, 0.2) is 80.1 Å². The molecule has 0 saturated carbocycles. The second kappa shape index (κ2) is 11.1. The topological polar surface area (TPSA) is 100 Å². The van der Waals surface area contributed by atoms with E-state index in [2.05, 4.69) is 4.99 Å². The Morgan fingerprint density at radius 2 is 1.90 bits per heavy atom. The number of hydrogen-bond donors (Lipinski definition) is 0. The van der Waals surface area contributed by atoms with E-state index in [0.29, 0.717) is 42.7 Å². The number of aromatic nitrogens is 1. The van der Waals surface area contributed by atoms with E-state index in [-0.39, 0.29) is 17.7 Å². The molecule has 0 aliphatic carbocycles. The number of esters is 2. The Balaban J connectivity index is 1.62. The van der Waals surface area contributed by atoms with Crippen LogP contribution in [0, 0.1) is 6.92 Å². The molecule has 0 unspecified atom stereocenters. The number of rotatable bonds is 6. The maximum absolute atomic E-state index is 13.8. The molecule has 0 amide bonds. The second-order valence-corrected chi connectivity index (χ2v) is 10.5. The minimum atomic E-state index is -0.804. The van der Waals surface area contributed by atoms with Crippen molar-refractivity contribution >= 4 is 41.0 Å². The average Bonchev–Trinajstić information content (AvgIpc) is 3.52. The van der Waals surface area contributed by atoms with Gasteiger partial charge in [-0.15, -0.1) is 0 Å². The van der Waals surface area contributed by atoms with Gasteiger partial charge in [0.05, 0.1) is 35.1 Å². The molecule has 0 spiro atoms. The standard InChI is InChI=1S/C30H25ClN2O6S/c1-5-38-29(36)25-17(3)32-30-33(26(25)20-8-6-7-9-22(20)31)27(34)24(40-30)15-19-12-13-23(39-19)21-14-18(28(35)37-4)11-10-16(21)2/h6-15,26H,5H2,1-4H3/b24-15+/t26-/m1/s1. The quantitative estimate of drug-likeness (QED) is 0.306. The highest BCUT2D eigenvalue weighted by atomic mass is 35.5. The first-order chi connectivity index (χ1) is 19.2. The lowest BCUT2D eigenvalue weighted by Gasteiger charge is -2.25. The summed E-state index contributed by atoms with van der Waals surface area (Å²) in [4.78, 5) is 43.9. The van der Waals surface area contributed by atoms with E-state index in [1.807, 2.05) is 13.0 Å². The summed E-state index contributed by atoms with van der Waals surface area (Å²) >= 11 is 7.74. The third-order valence-corrected chi connectivity index (χ3v) is 7.87. The van der Waals surface area contributed by atoms with Crippen molar-refractivity contribution in [1.82, 2.24) is 4.57 Å². The Hall–Kier alpha value is -4.21. The summed E-state index contributed by atoms with van der Waals surface area (Å²) in [7, 11) is 1.33. The van der Waals surface area contributed by atoms with Crippen molar-refractivity contribution in [3.05, 3.63) is 113 Å². The zero-order valence-corrected chi connectivity index (χ0v) is 23.8. The van der Waals surface area contributed by atoms with Crippen molar-refractivity contribution in [2.24, 2.45) is 4.99 Å².